The fourth-order valence-electron chi connectivity index (χ4n) is 3.30. The van der Waals surface area contributed by atoms with E-state index in [0.717, 1.165) is 23.1 Å². The lowest BCUT2D eigenvalue weighted by Crippen LogP contribution is -2.33. The van der Waals surface area contributed by atoms with E-state index in [2.05, 4.69) is 49.6 Å². The standard InChI is InChI=1S/C20H26N4O2/c1-14(23-20(25)26-2)11-15-7-9-16(10-8-15)17-12-21-19(22-13-17)24-18-5-3-4-6-18/h7-10,12-14,18H,3-6,11H2,1-2H3,(H,23,25)(H,21,22,24). The quantitative estimate of drug-likeness (QED) is 0.825. The number of hydrogen-bond acceptors (Lipinski definition) is 5. The second kappa shape index (κ2) is 8.65. The van der Waals surface area contributed by atoms with Gasteiger partial charge in [0.05, 0.1) is 7.11 Å². The van der Waals surface area contributed by atoms with Gasteiger partial charge in [0.15, 0.2) is 0 Å². The van der Waals surface area contributed by atoms with Gasteiger partial charge in [-0.3, -0.25) is 0 Å². The van der Waals surface area contributed by atoms with Crippen molar-refractivity contribution < 1.29 is 9.53 Å². The summed E-state index contributed by atoms with van der Waals surface area (Å²) >= 11 is 0. The first-order chi connectivity index (χ1) is 12.6. The summed E-state index contributed by atoms with van der Waals surface area (Å²) < 4.78 is 4.62. The summed E-state index contributed by atoms with van der Waals surface area (Å²) in [6.45, 7) is 1.95. The third-order valence-corrected chi connectivity index (χ3v) is 4.72. The van der Waals surface area contributed by atoms with Gasteiger partial charge in [-0.15, -0.1) is 0 Å². The zero-order chi connectivity index (χ0) is 18.4. The maximum absolute atomic E-state index is 11.2. The first-order valence-electron chi connectivity index (χ1n) is 9.16. The van der Waals surface area contributed by atoms with Crippen LogP contribution in [0.15, 0.2) is 36.7 Å². The lowest BCUT2D eigenvalue weighted by molar-refractivity contribution is 0.167. The van der Waals surface area contributed by atoms with Gasteiger partial charge < -0.3 is 15.4 Å². The van der Waals surface area contributed by atoms with Crippen molar-refractivity contribution in [2.45, 2.75) is 51.1 Å². The summed E-state index contributed by atoms with van der Waals surface area (Å²) in [7, 11) is 1.37. The number of ether oxygens (including phenoxy) is 1. The molecule has 0 saturated heterocycles. The molecule has 1 aromatic heterocycles. The molecule has 6 nitrogen and oxygen atoms in total. The number of alkyl carbamates (subject to hydrolysis) is 1. The number of amides is 1. The lowest BCUT2D eigenvalue weighted by atomic mass is 10.0. The molecule has 0 radical (unpaired) electrons. The maximum Gasteiger partial charge on any atom is 0.407 e. The van der Waals surface area contributed by atoms with Gasteiger partial charge >= 0.3 is 6.09 Å². The maximum atomic E-state index is 11.2. The summed E-state index contributed by atoms with van der Waals surface area (Å²) in [6, 6.07) is 8.77. The molecule has 0 spiro atoms. The van der Waals surface area contributed by atoms with Gasteiger partial charge in [-0.05, 0) is 37.3 Å². The van der Waals surface area contributed by atoms with E-state index >= 15 is 0 Å². The molecular formula is C20H26N4O2. The predicted octanol–water partition coefficient (Wildman–Crippen LogP) is 3.79. The molecule has 6 heteroatoms. The molecule has 26 heavy (non-hydrogen) atoms. The number of nitrogens with one attached hydrogen (secondary N) is 2. The lowest BCUT2D eigenvalue weighted by Gasteiger charge is -2.13. The number of aromatic nitrogens is 2. The number of hydrogen-bond donors (Lipinski definition) is 2. The Morgan fingerprint density at radius 1 is 1.15 bits per heavy atom. The van der Waals surface area contributed by atoms with Gasteiger partial charge in [-0.1, -0.05) is 37.1 Å². The van der Waals surface area contributed by atoms with Crippen molar-refractivity contribution in [1.82, 2.24) is 15.3 Å². The van der Waals surface area contributed by atoms with Crippen LogP contribution in [0.25, 0.3) is 11.1 Å². The monoisotopic (exact) mass is 354 g/mol. The van der Waals surface area contributed by atoms with Crippen molar-refractivity contribution in [3.63, 3.8) is 0 Å². The SMILES string of the molecule is COC(=O)NC(C)Cc1ccc(-c2cnc(NC3CCCC3)nc2)cc1. The molecule has 2 aromatic rings. The van der Waals surface area contributed by atoms with Crippen LogP contribution in [0.5, 0.6) is 0 Å². The molecule has 2 N–H and O–H groups in total. The molecule has 1 amide bonds. The predicted molar refractivity (Wildman–Crippen MR) is 102 cm³/mol. The highest BCUT2D eigenvalue weighted by molar-refractivity contribution is 5.67. The van der Waals surface area contributed by atoms with Gasteiger partial charge in [-0.2, -0.15) is 0 Å². The Labute approximate surface area is 154 Å². The van der Waals surface area contributed by atoms with Gasteiger partial charge in [0.2, 0.25) is 5.95 Å². The average molecular weight is 354 g/mol. The van der Waals surface area contributed by atoms with Crippen LogP contribution in [-0.2, 0) is 11.2 Å². The van der Waals surface area contributed by atoms with Crippen molar-refractivity contribution in [3.05, 3.63) is 42.2 Å². The number of anilines is 1. The summed E-state index contributed by atoms with van der Waals surface area (Å²) in [5.74, 6) is 0.708. The van der Waals surface area contributed by atoms with Gasteiger partial charge in [0, 0.05) is 30.0 Å². The number of carbonyl (C=O) groups is 1. The molecule has 138 valence electrons. The second-order valence-corrected chi connectivity index (χ2v) is 6.86. The number of rotatable bonds is 6. The van der Waals surface area contributed by atoms with Crippen molar-refractivity contribution in [2.24, 2.45) is 0 Å². The Bertz CT molecular complexity index is 710. The van der Waals surface area contributed by atoms with E-state index in [0.29, 0.717) is 12.0 Å². The number of nitrogens with zero attached hydrogens (tertiary/aromatic N) is 2. The summed E-state index contributed by atoms with van der Waals surface area (Å²) in [5.41, 5.74) is 3.22. The fraction of sp³-hybridized carbons (Fsp3) is 0.450. The minimum absolute atomic E-state index is 0.0116. The van der Waals surface area contributed by atoms with Crippen LogP contribution in [-0.4, -0.2) is 35.3 Å². The van der Waals surface area contributed by atoms with Crippen molar-refractivity contribution >= 4 is 12.0 Å². The van der Waals surface area contributed by atoms with Crippen LogP contribution >= 0.6 is 0 Å². The number of carbonyl (C=O) groups excluding carboxylic acids is 1. The number of benzene rings is 1. The molecule has 1 atom stereocenters. The largest absolute Gasteiger partial charge is 0.453 e. The van der Waals surface area contributed by atoms with Crippen LogP contribution < -0.4 is 10.6 Å². The van der Waals surface area contributed by atoms with E-state index in [1.807, 2.05) is 19.3 Å². The zero-order valence-corrected chi connectivity index (χ0v) is 15.4. The van der Waals surface area contributed by atoms with E-state index in [1.54, 1.807) is 0 Å². The minimum Gasteiger partial charge on any atom is -0.453 e. The van der Waals surface area contributed by atoms with Crippen LogP contribution in [0.1, 0.15) is 38.2 Å². The second-order valence-electron chi connectivity index (χ2n) is 6.86. The minimum atomic E-state index is -0.405. The Morgan fingerprint density at radius 2 is 1.81 bits per heavy atom. The van der Waals surface area contributed by atoms with Crippen molar-refractivity contribution in [3.8, 4) is 11.1 Å². The normalized spacial score (nSPS) is 15.5. The third-order valence-electron chi connectivity index (χ3n) is 4.72. The molecule has 0 aliphatic heterocycles. The van der Waals surface area contributed by atoms with Gasteiger partial charge in [0.1, 0.15) is 0 Å². The fourth-order valence-corrected chi connectivity index (χ4v) is 3.30. The van der Waals surface area contributed by atoms with Crippen LogP contribution in [0.4, 0.5) is 10.7 Å². The molecule has 3 rings (SSSR count). The molecule has 1 saturated carbocycles. The van der Waals surface area contributed by atoms with Crippen molar-refractivity contribution in [1.29, 1.82) is 0 Å². The molecule has 0 bridgehead atoms. The van der Waals surface area contributed by atoms with Crippen LogP contribution in [0.3, 0.4) is 0 Å². The van der Waals surface area contributed by atoms with E-state index < -0.39 is 6.09 Å². The summed E-state index contributed by atoms with van der Waals surface area (Å²) in [4.78, 5) is 20.1. The molecule has 1 heterocycles. The molecular weight excluding hydrogens is 328 g/mol. The third kappa shape index (κ3) is 4.94. The van der Waals surface area contributed by atoms with E-state index in [4.69, 9.17) is 0 Å². The Balaban J connectivity index is 1.58. The highest BCUT2D eigenvalue weighted by atomic mass is 16.5. The number of methoxy groups -OCH3 is 1. The van der Waals surface area contributed by atoms with E-state index in [9.17, 15) is 4.79 Å². The topological polar surface area (TPSA) is 76.1 Å². The molecule has 1 aromatic carbocycles. The molecule has 1 fully saturated rings. The first kappa shape index (κ1) is 18.2. The highest BCUT2D eigenvalue weighted by Gasteiger charge is 2.15. The van der Waals surface area contributed by atoms with Crippen LogP contribution in [0.2, 0.25) is 0 Å². The van der Waals surface area contributed by atoms with Crippen molar-refractivity contribution in [2.75, 3.05) is 12.4 Å². The summed E-state index contributed by atoms with van der Waals surface area (Å²) in [5, 5.41) is 6.18. The first-order valence-corrected chi connectivity index (χ1v) is 9.16. The molecule has 1 aliphatic carbocycles. The van der Waals surface area contributed by atoms with Gasteiger partial charge in [0.25, 0.3) is 0 Å². The Morgan fingerprint density at radius 3 is 2.42 bits per heavy atom. The van der Waals surface area contributed by atoms with E-state index in [1.165, 1.54) is 32.8 Å². The zero-order valence-electron chi connectivity index (χ0n) is 15.4. The highest BCUT2D eigenvalue weighted by Crippen LogP contribution is 2.22. The van der Waals surface area contributed by atoms with Crippen LogP contribution in [0, 0.1) is 0 Å². The molecule has 1 aliphatic rings. The Hall–Kier alpha value is -2.63. The molecule has 1 unspecified atom stereocenters. The smallest absolute Gasteiger partial charge is 0.407 e. The Kier molecular flexibility index (Phi) is 6.04. The average Bonchev–Trinajstić information content (AvgIpc) is 3.16. The van der Waals surface area contributed by atoms with E-state index in [-0.39, 0.29) is 6.04 Å². The van der Waals surface area contributed by atoms with Gasteiger partial charge in [-0.25, -0.2) is 14.8 Å². The summed E-state index contributed by atoms with van der Waals surface area (Å²) in [6.07, 6.45) is 9.05.